The van der Waals surface area contributed by atoms with Crippen LogP contribution in [0.3, 0.4) is 0 Å². The summed E-state index contributed by atoms with van der Waals surface area (Å²) in [6, 6.07) is 7.97. The molecule has 5 N–H and O–H groups in total. The van der Waals surface area contributed by atoms with Gasteiger partial charge in [0.2, 0.25) is 5.43 Å². The Kier molecular flexibility index (Phi) is 13.4. The van der Waals surface area contributed by atoms with Gasteiger partial charge in [0.05, 0.1) is 5.52 Å². The molecule has 272 valence electrons. The topological polar surface area (TPSA) is 176 Å². The fourth-order valence-corrected chi connectivity index (χ4v) is 5.71. The summed E-state index contributed by atoms with van der Waals surface area (Å²) in [6.07, 6.45) is 0.263. The van der Waals surface area contributed by atoms with Crippen molar-refractivity contribution in [3.05, 3.63) is 80.3 Å². The van der Waals surface area contributed by atoms with E-state index in [9.17, 15) is 29.1 Å². The molecule has 0 radical (unpaired) electrons. The first kappa shape index (κ1) is 39.8. The summed E-state index contributed by atoms with van der Waals surface area (Å²) in [5.74, 6) is -4.36. The molecule has 0 saturated heterocycles. The molecule has 0 fully saturated rings. The summed E-state index contributed by atoms with van der Waals surface area (Å²) >= 11 is 5.93. The van der Waals surface area contributed by atoms with Crippen molar-refractivity contribution in [3.8, 4) is 0 Å². The summed E-state index contributed by atoms with van der Waals surface area (Å²) in [6.45, 7) is 12.1. The number of hydrogen-bond donors (Lipinski definition) is 5. The molecule has 0 spiro atoms. The second-order valence-electron chi connectivity index (χ2n) is 14.0. The highest BCUT2D eigenvalue weighted by atomic mass is 35.5. The van der Waals surface area contributed by atoms with Gasteiger partial charge in [-0.15, -0.1) is 0 Å². The van der Waals surface area contributed by atoms with E-state index in [4.69, 9.17) is 21.1 Å². The van der Waals surface area contributed by atoms with Crippen molar-refractivity contribution in [2.45, 2.75) is 97.4 Å². The number of rotatable bonds is 13. The lowest BCUT2D eigenvalue weighted by Crippen LogP contribution is -2.49. The number of hydrogen-bond acceptors (Lipinski definition) is 7. The number of alkyl carbamates (subject to hydrolysis) is 2. The average Bonchev–Trinajstić information content (AvgIpc) is 2.99. The maximum Gasteiger partial charge on any atom is 0.408 e. The molecule has 12 nitrogen and oxygen atoms in total. The molecule has 3 atom stereocenters. The Morgan fingerprint density at radius 3 is 2.16 bits per heavy atom. The standard InChI is InChI=1S/C36H46ClFN4O8/c1-8-23(24(10-9-15-39-33(47)49-35(2,3)4)29(32(45)46)42-34(48)50-36(5,6)7)21-16-25-28(27(38)17-21)40-19-26(30(25)43)31(44)41-18-20-11-13-22(37)14-12-20/h11-14,16-17,19,23-24,29H,8-10,15,18H2,1-7H3,(H,39,47)(H,40,43)(H,41,44)(H,42,48)(H,45,46). The number of aromatic amines is 1. The van der Waals surface area contributed by atoms with E-state index in [1.807, 2.05) is 0 Å². The highest BCUT2D eigenvalue weighted by Gasteiger charge is 2.37. The van der Waals surface area contributed by atoms with Crippen LogP contribution in [0.4, 0.5) is 14.0 Å². The lowest BCUT2D eigenvalue weighted by atomic mass is 9.76. The van der Waals surface area contributed by atoms with Gasteiger partial charge in [-0.2, -0.15) is 0 Å². The Bertz CT molecular complexity index is 1750. The van der Waals surface area contributed by atoms with Gasteiger partial charge in [-0.3, -0.25) is 9.59 Å². The molecule has 0 aliphatic heterocycles. The summed E-state index contributed by atoms with van der Waals surface area (Å²) in [5, 5.41) is 18.5. The maximum atomic E-state index is 15.7. The summed E-state index contributed by atoms with van der Waals surface area (Å²) < 4.78 is 26.3. The minimum Gasteiger partial charge on any atom is -0.480 e. The monoisotopic (exact) mass is 716 g/mol. The molecule has 1 heterocycles. The first-order valence-corrected chi connectivity index (χ1v) is 16.7. The van der Waals surface area contributed by atoms with Crippen LogP contribution in [0.1, 0.15) is 95.1 Å². The highest BCUT2D eigenvalue weighted by Crippen LogP contribution is 2.36. The molecular weight excluding hydrogens is 671 g/mol. The highest BCUT2D eigenvalue weighted by molar-refractivity contribution is 6.30. The Labute approximate surface area is 295 Å². The molecule has 0 saturated carbocycles. The van der Waals surface area contributed by atoms with Gasteiger partial charge in [0, 0.05) is 29.7 Å². The number of fused-ring (bicyclic) bond motifs is 1. The van der Waals surface area contributed by atoms with E-state index in [1.165, 1.54) is 12.1 Å². The number of H-pyrrole nitrogens is 1. The van der Waals surface area contributed by atoms with Crippen LogP contribution in [0.15, 0.2) is 47.4 Å². The first-order valence-electron chi connectivity index (χ1n) is 16.4. The van der Waals surface area contributed by atoms with Gasteiger partial charge < -0.3 is 35.5 Å². The van der Waals surface area contributed by atoms with Crippen LogP contribution in [0.25, 0.3) is 10.9 Å². The van der Waals surface area contributed by atoms with Crippen LogP contribution < -0.4 is 21.4 Å². The third-order valence-corrected chi connectivity index (χ3v) is 7.96. The van der Waals surface area contributed by atoms with E-state index in [2.05, 4.69) is 20.9 Å². The van der Waals surface area contributed by atoms with Gasteiger partial charge in [0.25, 0.3) is 5.91 Å². The van der Waals surface area contributed by atoms with Gasteiger partial charge in [0.1, 0.15) is 28.6 Å². The molecule has 14 heteroatoms. The fourth-order valence-electron chi connectivity index (χ4n) is 5.59. The second-order valence-corrected chi connectivity index (χ2v) is 14.4. The molecule has 0 bridgehead atoms. The fraction of sp³-hybridized carbons (Fsp3) is 0.472. The zero-order valence-electron chi connectivity index (χ0n) is 29.4. The molecule has 3 unspecified atom stereocenters. The molecule has 3 amide bonds. The van der Waals surface area contributed by atoms with Crippen molar-refractivity contribution in [2.75, 3.05) is 6.54 Å². The number of carboxylic acid groups (broad SMARTS) is 1. The number of aliphatic carboxylic acids is 1. The number of carboxylic acids is 1. The van der Waals surface area contributed by atoms with Gasteiger partial charge in [-0.05, 0) is 108 Å². The van der Waals surface area contributed by atoms with Crippen LogP contribution in [-0.4, -0.2) is 57.9 Å². The Balaban J connectivity index is 1.99. The largest absolute Gasteiger partial charge is 0.480 e. The first-order chi connectivity index (χ1) is 23.3. The lowest BCUT2D eigenvalue weighted by Gasteiger charge is -2.33. The molecule has 3 aromatic rings. The summed E-state index contributed by atoms with van der Waals surface area (Å²) in [5.41, 5.74) is -1.67. The van der Waals surface area contributed by atoms with E-state index >= 15 is 4.39 Å². The van der Waals surface area contributed by atoms with Gasteiger partial charge in [-0.1, -0.05) is 30.7 Å². The number of benzene rings is 2. The zero-order valence-corrected chi connectivity index (χ0v) is 30.1. The SMILES string of the molecule is CCC(c1cc(F)c2[nH]cc(C(=O)NCc3ccc(Cl)cc3)c(=O)c2c1)C(CCCNC(=O)OC(C)(C)C)C(NC(=O)OC(C)(C)C)C(=O)O. The van der Waals surface area contributed by atoms with Crippen LogP contribution in [0, 0.1) is 11.7 Å². The minimum absolute atomic E-state index is 0.102. The second kappa shape index (κ2) is 16.8. The van der Waals surface area contributed by atoms with E-state index in [1.54, 1.807) is 72.7 Å². The molecular formula is C36H46ClFN4O8. The van der Waals surface area contributed by atoms with Gasteiger partial charge >= 0.3 is 18.2 Å². The van der Waals surface area contributed by atoms with E-state index in [0.29, 0.717) is 10.6 Å². The minimum atomic E-state index is -1.49. The maximum absolute atomic E-state index is 15.7. The third kappa shape index (κ3) is 11.5. The number of aromatic nitrogens is 1. The summed E-state index contributed by atoms with van der Waals surface area (Å²) in [7, 11) is 0. The van der Waals surface area contributed by atoms with Gasteiger partial charge in [-0.25, -0.2) is 18.8 Å². The Hall–Kier alpha value is -4.65. The molecule has 3 rings (SSSR count). The van der Waals surface area contributed by atoms with Crippen molar-refractivity contribution in [2.24, 2.45) is 5.92 Å². The molecule has 0 aliphatic rings. The van der Waals surface area contributed by atoms with Crippen LogP contribution in [0.2, 0.25) is 5.02 Å². The van der Waals surface area contributed by atoms with Crippen molar-refractivity contribution in [1.29, 1.82) is 0 Å². The zero-order chi connectivity index (χ0) is 37.4. The van der Waals surface area contributed by atoms with Crippen LogP contribution >= 0.6 is 11.6 Å². The summed E-state index contributed by atoms with van der Waals surface area (Å²) in [4.78, 5) is 67.1. The van der Waals surface area contributed by atoms with Gasteiger partial charge in [0.15, 0.2) is 0 Å². The van der Waals surface area contributed by atoms with Crippen molar-refractivity contribution in [1.82, 2.24) is 20.9 Å². The number of amides is 3. The molecule has 1 aromatic heterocycles. The number of halogens is 2. The quantitative estimate of drug-likeness (QED) is 0.122. The number of pyridine rings is 1. The molecule has 0 aliphatic carbocycles. The van der Waals surface area contributed by atoms with Crippen LogP contribution in [0.5, 0.6) is 0 Å². The lowest BCUT2D eigenvalue weighted by molar-refractivity contribution is -0.141. The van der Waals surface area contributed by atoms with Crippen molar-refractivity contribution < 1.29 is 38.1 Å². The number of carbonyl (C=O) groups excluding carboxylic acids is 3. The number of ether oxygens (including phenoxy) is 2. The Morgan fingerprint density at radius 1 is 0.960 bits per heavy atom. The number of nitrogens with one attached hydrogen (secondary N) is 4. The average molecular weight is 717 g/mol. The van der Waals surface area contributed by atoms with E-state index in [0.717, 1.165) is 11.8 Å². The van der Waals surface area contributed by atoms with Crippen LogP contribution in [-0.2, 0) is 20.8 Å². The smallest absolute Gasteiger partial charge is 0.408 e. The van der Waals surface area contributed by atoms with E-state index < -0.39 is 64.4 Å². The predicted octanol–water partition coefficient (Wildman–Crippen LogP) is 6.64. The normalized spacial score (nSPS) is 13.5. The molecule has 50 heavy (non-hydrogen) atoms. The predicted molar refractivity (Wildman–Crippen MR) is 188 cm³/mol. The molecule has 2 aromatic carbocycles. The third-order valence-electron chi connectivity index (χ3n) is 7.71. The van der Waals surface area contributed by atoms with E-state index in [-0.39, 0.29) is 48.8 Å². The number of carbonyl (C=O) groups is 4. The van der Waals surface area contributed by atoms with Crippen molar-refractivity contribution in [3.63, 3.8) is 0 Å². The van der Waals surface area contributed by atoms with Crippen molar-refractivity contribution >= 4 is 46.6 Å². The Morgan fingerprint density at radius 2 is 1.58 bits per heavy atom.